The van der Waals surface area contributed by atoms with Crippen LogP contribution in [0.3, 0.4) is 0 Å². The molecule has 0 saturated heterocycles. The van der Waals surface area contributed by atoms with Crippen LogP contribution < -0.4 is 10.6 Å². The molecule has 5 heteroatoms. The van der Waals surface area contributed by atoms with Gasteiger partial charge in [0.2, 0.25) is 5.91 Å². The van der Waals surface area contributed by atoms with Crippen molar-refractivity contribution in [2.24, 2.45) is 0 Å². The van der Waals surface area contributed by atoms with E-state index in [1.165, 1.54) is 0 Å². The van der Waals surface area contributed by atoms with Gasteiger partial charge in [0.15, 0.2) is 0 Å². The predicted octanol–water partition coefficient (Wildman–Crippen LogP) is 2.44. The van der Waals surface area contributed by atoms with E-state index in [9.17, 15) is 4.79 Å². The molecule has 0 aliphatic carbocycles. The fraction of sp³-hybridized carbons (Fsp3) is 0.533. The zero-order chi connectivity index (χ0) is 15.1. The Morgan fingerprint density at radius 1 is 1.25 bits per heavy atom. The Labute approximate surface area is 126 Å². The average Bonchev–Trinajstić information content (AvgIpc) is 2.32. The lowest BCUT2D eigenvalue weighted by Crippen LogP contribution is -2.32. The zero-order valence-corrected chi connectivity index (χ0v) is 13.5. The Morgan fingerprint density at radius 3 is 2.55 bits per heavy atom. The molecule has 0 aromatic heterocycles. The van der Waals surface area contributed by atoms with Crippen LogP contribution in [0.15, 0.2) is 12.1 Å². The second-order valence-corrected chi connectivity index (χ2v) is 5.68. The Balaban J connectivity index is 2.36. The minimum Gasteiger partial charge on any atom is -0.383 e. The van der Waals surface area contributed by atoms with Gasteiger partial charge in [-0.3, -0.25) is 4.79 Å². The number of carbonyl (C=O) groups excluding carboxylic acids is 1. The lowest BCUT2D eigenvalue weighted by Gasteiger charge is -2.13. The van der Waals surface area contributed by atoms with Crippen LogP contribution >= 0.6 is 11.6 Å². The van der Waals surface area contributed by atoms with Gasteiger partial charge in [-0.2, -0.15) is 0 Å². The maximum Gasteiger partial charge on any atom is 0.221 e. The number of nitrogens with zero attached hydrogens (tertiary/aromatic N) is 1. The van der Waals surface area contributed by atoms with Crippen molar-refractivity contribution >= 4 is 23.2 Å². The first-order chi connectivity index (χ1) is 9.40. The third-order valence-electron chi connectivity index (χ3n) is 2.97. The summed E-state index contributed by atoms with van der Waals surface area (Å²) in [5, 5.41) is 6.82. The van der Waals surface area contributed by atoms with Crippen molar-refractivity contribution in [3.63, 3.8) is 0 Å². The first kappa shape index (κ1) is 16.8. The molecule has 0 unspecified atom stereocenters. The summed E-state index contributed by atoms with van der Waals surface area (Å²) in [6.07, 6.45) is 0.442. The maximum atomic E-state index is 11.6. The SMILES string of the molecule is Cc1cc(C)c(NCCC(=O)NCCN(C)C)c(Cl)c1. The number of amides is 1. The van der Waals surface area contributed by atoms with Gasteiger partial charge >= 0.3 is 0 Å². The van der Waals surface area contributed by atoms with Gasteiger partial charge in [-0.1, -0.05) is 17.7 Å². The largest absolute Gasteiger partial charge is 0.383 e. The smallest absolute Gasteiger partial charge is 0.221 e. The molecule has 0 bridgehead atoms. The van der Waals surface area contributed by atoms with Crippen molar-refractivity contribution < 1.29 is 4.79 Å². The molecule has 20 heavy (non-hydrogen) atoms. The molecule has 0 heterocycles. The molecule has 4 nitrogen and oxygen atoms in total. The molecule has 1 amide bonds. The number of anilines is 1. The number of rotatable bonds is 7. The van der Waals surface area contributed by atoms with Gasteiger partial charge < -0.3 is 15.5 Å². The third kappa shape index (κ3) is 5.80. The van der Waals surface area contributed by atoms with E-state index in [0.717, 1.165) is 23.4 Å². The number of nitrogens with one attached hydrogen (secondary N) is 2. The summed E-state index contributed by atoms with van der Waals surface area (Å²) in [6, 6.07) is 4.00. The summed E-state index contributed by atoms with van der Waals surface area (Å²) >= 11 is 6.20. The van der Waals surface area contributed by atoms with Gasteiger partial charge in [0.05, 0.1) is 10.7 Å². The summed E-state index contributed by atoms with van der Waals surface area (Å²) in [7, 11) is 3.96. The molecular weight excluding hydrogens is 274 g/mol. The predicted molar refractivity (Wildman–Crippen MR) is 85.6 cm³/mol. The minimum atomic E-state index is 0.0558. The Bertz CT molecular complexity index is 437. The van der Waals surface area contributed by atoms with Gasteiger partial charge in [-0.05, 0) is 45.1 Å². The second-order valence-electron chi connectivity index (χ2n) is 5.27. The van der Waals surface area contributed by atoms with Crippen molar-refractivity contribution in [1.82, 2.24) is 10.2 Å². The number of benzene rings is 1. The van der Waals surface area contributed by atoms with E-state index in [2.05, 4.69) is 16.7 Å². The quantitative estimate of drug-likeness (QED) is 0.812. The van der Waals surface area contributed by atoms with Crippen LogP contribution in [-0.2, 0) is 4.79 Å². The molecule has 0 atom stereocenters. The van der Waals surface area contributed by atoms with Crippen LogP contribution in [0.5, 0.6) is 0 Å². The molecule has 0 aliphatic rings. The van der Waals surface area contributed by atoms with Crippen molar-refractivity contribution in [2.75, 3.05) is 39.0 Å². The number of hydrogen-bond acceptors (Lipinski definition) is 3. The van der Waals surface area contributed by atoms with E-state index < -0.39 is 0 Å². The molecule has 1 rings (SSSR count). The first-order valence-electron chi connectivity index (χ1n) is 6.82. The normalized spacial score (nSPS) is 10.7. The molecule has 1 aromatic carbocycles. The van der Waals surface area contributed by atoms with Crippen LogP contribution in [0.4, 0.5) is 5.69 Å². The average molecular weight is 298 g/mol. The van der Waals surface area contributed by atoms with E-state index in [1.54, 1.807) is 0 Å². The molecule has 2 N–H and O–H groups in total. The van der Waals surface area contributed by atoms with Gasteiger partial charge in [-0.25, -0.2) is 0 Å². The summed E-state index contributed by atoms with van der Waals surface area (Å²) < 4.78 is 0. The van der Waals surface area contributed by atoms with Crippen LogP contribution in [0.1, 0.15) is 17.5 Å². The monoisotopic (exact) mass is 297 g/mol. The number of carbonyl (C=O) groups is 1. The highest BCUT2D eigenvalue weighted by atomic mass is 35.5. The van der Waals surface area contributed by atoms with Crippen LogP contribution in [-0.4, -0.2) is 44.5 Å². The molecule has 0 saturated carbocycles. The van der Waals surface area contributed by atoms with Gasteiger partial charge in [0.1, 0.15) is 0 Å². The molecule has 1 aromatic rings. The summed E-state index contributed by atoms with van der Waals surface area (Å²) in [6.45, 7) is 6.13. The Morgan fingerprint density at radius 2 is 1.95 bits per heavy atom. The fourth-order valence-corrected chi connectivity index (χ4v) is 2.34. The van der Waals surface area contributed by atoms with E-state index in [1.807, 2.05) is 38.9 Å². The molecule has 0 spiro atoms. The molecule has 0 radical (unpaired) electrons. The van der Waals surface area contributed by atoms with Crippen molar-refractivity contribution in [3.8, 4) is 0 Å². The van der Waals surface area contributed by atoms with Crippen LogP contribution in [0, 0.1) is 13.8 Å². The molecule has 0 fully saturated rings. The lowest BCUT2D eigenvalue weighted by molar-refractivity contribution is -0.120. The number of hydrogen-bond donors (Lipinski definition) is 2. The molecule has 0 aliphatic heterocycles. The number of halogens is 1. The van der Waals surface area contributed by atoms with Crippen molar-refractivity contribution in [3.05, 3.63) is 28.3 Å². The van der Waals surface area contributed by atoms with Crippen LogP contribution in [0.2, 0.25) is 5.02 Å². The summed E-state index contributed by atoms with van der Waals surface area (Å²) in [5.41, 5.74) is 3.15. The lowest BCUT2D eigenvalue weighted by atomic mass is 10.1. The highest BCUT2D eigenvalue weighted by molar-refractivity contribution is 6.33. The molecular formula is C15H24ClN3O. The number of aryl methyl sites for hydroxylation is 2. The second kappa shape index (κ2) is 8.12. The highest BCUT2D eigenvalue weighted by Gasteiger charge is 2.06. The van der Waals surface area contributed by atoms with Gasteiger partial charge in [-0.15, -0.1) is 0 Å². The molecule has 112 valence electrons. The van der Waals surface area contributed by atoms with Gasteiger partial charge in [0.25, 0.3) is 0 Å². The Kier molecular flexibility index (Phi) is 6.82. The summed E-state index contributed by atoms with van der Waals surface area (Å²) in [4.78, 5) is 13.7. The van der Waals surface area contributed by atoms with Crippen LogP contribution in [0.25, 0.3) is 0 Å². The van der Waals surface area contributed by atoms with E-state index >= 15 is 0 Å². The third-order valence-corrected chi connectivity index (χ3v) is 3.26. The summed E-state index contributed by atoms with van der Waals surface area (Å²) in [5.74, 6) is 0.0558. The topological polar surface area (TPSA) is 44.4 Å². The number of likely N-dealkylation sites (N-methyl/N-ethyl adjacent to an activating group) is 1. The van der Waals surface area contributed by atoms with E-state index in [0.29, 0.717) is 24.5 Å². The Hall–Kier alpha value is -1.26. The van der Waals surface area contributed by atoms with Crippen molar-refractivity contribution in [2.45, 2.75) is 20.3 Å². The van der Waals surface area contributed by atoms with Crippen molar-refractivity contribution in [1.29, 1.82) is 0 Å². The fourth-order valence-electron chi connectivity index (χ4n) is 1.95. The zero-order valence-electron chi connectivity index (χ0n) is 12.7. The maximum absolute atomic E-state index is 11.6. The van der Waals surface area contributed by atoms with Gasteiger partial charge in [0, 0.05) is 26.1 Å². The standard InChI is InChI=1S/C15H24ClN3O/c1-11-9-12(2)15(13(16)10-11)18-6-5-14(20)17-7-8-19(3)4/h9-10,18H,5-8H2,1-4H3,(H,17,20). The highest BCUT2D eigenvalue weighted by Crippen LogP contribution is 2.27. The first-order valence-corrected chi connectivity index (χ1v) is 7.20. The minimum absolute atomic E-state index is 0.0558. The van der Waals surface area contributed by atoms with E-state index in [4.69, 9.17) is 11.6 Å². The van der Waals surface area contributed by atoms with E-state index in [-0.39, 0.29) is 5.91 Å².